The summed E-state index contributed by atoms with van der Waals surface area (Å²) in [5.41, 5.74) is 0. The zero-order valence-corrected chi connectivity index (χ0v) is 12.5. The van der Waals surface area contributed by atoms with Crippen molar-refractivity contribution in [2.45, 2.75) is 39.9 Å². The summed E-state index contributed by atoms with van der Waals surface area (Å²) in [7, 11) is 1.38. The Kier molecular flexibility index (Phi) is 5.80. The quantitative estimate of drug-likeness (QED) is 0.753. The number of carbonyl (C=O) groups is 1. The summed E-state index contributed by atoms with van der Waals surface area (Å²) in [5.74, 6) is -0.651. The monoisotopic (exact) mass is 284 g/mol. The lowest BCUT2D eigenvalue weighted by Gasteiger charge is -2.21. The number of esters is 1. The van der Waals surface area contributed by atoms with E-state index in [2.05, 4.69) is 0 Å². The molecular formula is C15H21FO4. The Labute approximate surface area is 118 Å². The number of methoxy groups -OCH3 is 1. The molecule has 0 bridgehead atoms. The lowest BCUT2D eigenvalue weighted by Crippen LogP contribution is -2.31. The highest BCUT2D eigenvalue weighted by molar-refractivity contribution is 5.72. The molecule has 0 heterocycles. The normalized spacial score (nSPS) is 13.8. The fourth-order valence-electron chi connectivity index (χ4n) is 1.56. The van der Waals surface area contributed by atoms with Gasteiger partial charge in [-0.3, -0.25) is 4.79 Å². The molecule has 112 valence electrons. The molecule has 0 aromatic heterocycles. The van der Waals surface area contributed by atoms with E-state index in [1.165, 1.54) is 25.3 Å². The minimum absolute atomic E-state index is 0.104. The van der Waals surface area contributed by atoms with Gasteiger partial charge < -0.3 is 14.2 Å². The number of carbonyl (C=O) groups excluding carboxylic acids is 1. The molecule has 20 heavy (non-hydrogen) atoms. The topological polar surface area (TPSA) is 44.8 Å². The average Bonchev–Trinajstić information content (AvgIpc) is 2.39. The summed E-state index contributed by atoms with van der Waals surface area (Å²) in [6, 6.07) is 4.21. The largest absolute Gasteiger partial charge is 0.494 e. The van der Waals surface area contributed by atoms with Gasteiger partial charge in [0.25, 0.3) is 0 Å². The maximum absolute atomic E-state index is 13.3. The number of ether oxygens (including phenoxy) is 3. The summed E-state index contributed by atoms with van der Waals surface area (Å²) >= 11 is 0. The van der Waals surface area contributed by atoms with E-state index in [4.69, 9.17) is 14.2 Å². The van der Waals surface area contributed by atoms with Crippen molar-refractivity contribution in [3.05, 3.63) is 24.0 Å². The predicted molar refractivity (Wildman–Crippen MR) is 73.4 cm³/mol. The van der Waals surface area contributed by atoms with Crippen LogP contribution >= 0.6 is 0 Å². The smallest absolute Gasteiger partial charge is 0.312 e. The SMILES string of the molecule is COc1cc(OC(C)C(C)C(=O)OC(C)C)ccc1F. The first-order chi connectivity index (χ1) is 9.35. The van der Waals surface area contributed by atoms with E-state index in [0.29, 0.717) is 5.75 Å². The van der Waals surface area contributed by atoms with E-state index in [-0.39, 0.29) is 17.8 Å². The Morgan fingerprint density at radius 2 is 1.85 bits per heavy atom. The molecule has 5 heteroatoms. The zero-order valence-electron chi connectivity index (χ0n) is 12.5. The molecule has 4 nitrogen and oxygen atoms in total. The standard InChI is InChI=1S/C15H21FO4/c1-9(2)19-15(17)10(3)11(4)20-12-6-7-13(16)14(8-12)18-5/h6-11H,1-5H3. The van der Waals surface area contributed by atoms with Crippen LogP contribution in [0.1, 0.15) is 27.7 Å². The van der Waals surface area contributed by atoms with Crippen LogP contribution in [0.3, 0.4) is 0 Å². The van der Waals surface area contributed by atoms with Crippen LogP contribution < -0.4 is 9.47 Å². The molecule has 2 atom stereocenters. The van der Waals surface area contributed by atoms with Crippen LogP contribution in [0, 0.1) is 11.7 Å². The second-order valence-corrected chi connectivity index (χ2v) is 4.89. The Bertz CT molecular complexity index is 459. The van der Waals surface area contributed by atoms with Crippen molar-refractivity contribution in [3.8, 4) is 11.5 Å². The van der Waals surface area contributed by atoms with E-state index in [9.17, 15) is 9.18 Å². The third kappa shape index (κ3) is 4.40. The molecule has 0 radical (unpaired) electrons. The van der Waals surface area contributed by atoms with Crippen LogP contribution in [-0.2, 0) is 9.53 Å². The van der Waals surface area contributed by atoms with E-state index >= 15 is 0 Å². The minimum Gasteiger partial charge on any atom is -0.494 e. The van der Waals surface area contributed by atoms with Crippen LogP contribution in [0.25, 0.3) is 0 Å². The van der Waals surface area contributed by atoms with Crippen LogP contribution in [-0.4, -0.2) is 25.3 Å². The van der Waals surface area contributed by atoms with Gasteiger partial charge in [0.15, 0.2) is 11.6 Å². The summed E-state index contributed by atoms with van der Waals surface area (Å²) in [6.07, 6.45) is -0.556. The minimum atomic E-state index is -0.459. The molecule has 0 saturated carbocycles. The van der Waals surface area contributed by atoms with Gasteiger partial charge in [-0.25, -0.2) is 4.39 Å². The summed E-state index contributed by atoms with van der Waals surface area (Å²) < 4.78 is 28.9. The molecule has 2 unspecified atom stereocenters. The molecule has 0 aliphatic rings. The van der Waals surface area contributed by atoms with Crippen molar-refractivity contribution in [3.63, 3.8) is 0 Å². The first-order valence-electron chi connectivity index (χ1n) is 6.55. The lowest BCUT2D eigenvalue weighted by atomic mass is 10.1. The van der Waals surface area contributed by atoms with Crippen LogP contribution in [0.15, 0.2) is 18.2 Å². The summed E-state index contributed by atoms with van der Waals surface area (Å²) in [6.45, 7) is 7.08. The fraction of sp³-hybridized carbons (Fsp3) is 0.533. The Hall–Kier alpha value is -1.78. The number of hydrogen-bond donors (Lipinski definition) is 0. The van der Waals surface area contributed by atoms with Crippen LogP contribution in [0.4, 0.5) is 4.39 Å². The fourth-order valence-corrected chi connectivity index (χ4v) is 1.56. The number of rotatable bonds is 6. The third-order valence-electron chi connectivity index (χ3n) is 2.87. The maximum Gasteiger partial charge on any atom is 0.312 e. The highest BCUT2D eigenvalue weighted by Gasteiger charge is 2.24. The summed E-state index contributed by atoms with van der Waals surface area (Å²) in [4.78, 5) is 11.8. The molecule has 0 aliphatic heterocycles. The van der Waals surface area contributed by atoms with Gasteiger partial charge in [-0.2, -0.15) is 0 Å². The van der Waals surface area contributed by atoms with Crippen molar-refractivity contribution in [2.24, 2.45) is 5.92 Å². The molecule has 0 amide bonds. The Morgan fingerprint density at radius 1 is 1.20 bits per heavy atom. The van der Waals surface area contributed by atoms with Gasteiger partial charge in [0, 0.05) is 6.07 Å². The number of halogens is 1. The summed E-state index contributed by atoms with van der Waals surface area (Å²) in [5, 5.41) is 0. The van der Waals surface area contributed by atoms with Gasteiger partial charge in [-0.1, -0.05) is 0 Å². The van der Waals surface area contributed by atoms with Gasteiger partial charge in [0.05, 0.1) is 19.1 Å². The first kappa shape index (κ1) is 16.3. The van der Waals surface area contributed by atoms with E-state index < -0.39 is 17.8 Å². The second kappa shape index (κ2) is 7.12. The maximum atomic E-state index is 13.3. The molecule has 0 aliphatic carbocycles. The highest BCUT2D eigenvalue weighted by Crippen LogP contribution is 2.25. The van der Waals surface area contributed by atoms with Gasteiger partial charge in [-0.05, 0) is 39.8 Å². The average molecular weight is 284 g/mol. The van der Waals surface area contributed by atoms with Crippen molar-refractivity contribution < 1.29 is 23.4 Å². The van der Waals surface area contributed by atoms with Crippen molar-refractivity contribution in [2.75, 3.05) is 7.11 Å². The molecule has 0 N–H and O–H groups in total. The molecule has 1 aromatic rings. The van der Waals surface area contributed by atoms with Crippen molar-refractivity contribution in [1.82, 2.24) is 0 Å². The van der Waals surface area contributed by atoms with Gasteiger partial charge in [0.1, 0.15) is 11.9 Å². The lowest BCUT2D eigenvalue weighted by molar-refractivity contribution is -0.154. The molecular weight excluding hydrogens is 263 g/mol. The molecule has 0 fully saturated rings. The molecule has 1 aromatic carbocycles. The highest BCUT2D eigenvalue weighted by atomic mass is 19.1. The van der Waals surface area contributed by atoms with Gasteiger partial charge in [0.2, 0.25) is 0 Å². The number of hydrogen-bond acceptors (Lipinski definition) is 4. The zero-order chi connectivity index (χ0) is 15.3. The molecule has 0 spiro atoms. The first-order valence-corrected chi connectivity index (χ1v) is 6.55. The van der Waals surface area contributed by atoms with Gasteiger partial charge >= 0.3 is 5.97 Å². The Balaban J connectivity index is 2.70. The van der Waals surface area contributed by atoms with Gasteiger partial charge in [-0.15, -0.1) is 0 Å². The van der Waals surface area contributed by atoms with Crippen LogP contribution in [0.2, 0.25) is 0 Å². The molecule has 0 saturated heterocycles. The third-order valence-corrected chi connectivity index (χ3v) is 2.87. The predicted octanol–water partition coefficient (Wildman–Crippen LogP) is 3.19. The van der Waals surface area contributed by atoms with Crippen LogP contribution in [0.5, 0.6) is 11.5 Å². The van der Waals surface area contributed by atoms with Crippen molar-refractivity contribution in [1.29, 1.82) is 0 Å². The van der Waals surface area contributed by atoms with E-state index in [1.807, 2.05) is 0 Å². The van der Waals surface area contributed by atoms with Crippen molar-refractivity contribution >= 4 is 5.97 Å². The second-order valence-electron chi connectivity index (χ2n) is 4.89. The number of benzene rings is 1. The molecule has 1 rings (SSSR count). The van der Waals surface area contributed by atoms with E-state index in [0.717, 1.165) is 0 Å². The Morgan fingerprint density at radius 3 is 2.40 bits per heavy atom. The van der Waals surface area contributed by atoms with E-state index in [1.54, 1.807) is 27.7 Å².